The van der Waals surface area contributed by atoms with E-state index in [-0.39, 0.29) is 18.0 Å². The zero-order valence-electron chi connectivity index (χ0n) is 14.9. The van der Waals surface area contributed by atoms with Gasteiger partial charge in [-0.3, -0.25) is 19.1 Å². The van der Waals surface area contributed by atoms with Gasteiger partial charge in [-0.2, -0.15) is 0 Å². The quantitative estimate of drug-likeness (QED) is 0.459. The number of benzene rings is 2. The number of carbonyl (C=O) groups excluding carboxylic acids is 1. The molecule has 28 heavy (non-hydrogen) atoms. The minimum atomic E-state index is -0.132. The molecule has 2 aromatic heterocycles. The van der Waals surface area contributed by atoms with E-state index >= 15 is 0 Å². The van der Waals surface area contributed by atoms with Crippen LogP contribution >= 0.6 is 27.3 Å². The first kappa shape index (κ1) is 18.5. The number of amides is 1. The van der Waals surface area contributed by atoms with E-state index in [4.69, 9.17) is 0 Å². The van der Waals surface area contributed by atoms with Gasteiger partial charge in [-0.1, -0.05) is 34.1 Å². The lowest BCUT2D eigenvalue weighted by atomic mass is 10.2. The van der Waals surface area contributed by atoms with Crippen molar-refractivity contribution in [2.75, 3.05) is 4.90 Å². The molecule has 0 saturated heterocycles. The lowest BCUT2D eigenvalue weighted by molar-refractivity contribution is -0.115. The van der Waals surface area contributed by atoms with Gasteiger partial charge in [-0.05, 0) is 30.3 Å². The summed E-state index contributed by atoms with van der Waals surface area (Å²) >= 11 is 4.75. The number of aromatic nitrogens is 3. The molecular formula is C20H15BrN4O2S. The number of thiazole rings is 1. The Morgan fingerprint density at radius 1 is 1.21 bits per heavy atom. The van der Waals surface area contributed by atoms with Gasteiger partial charge >= 0.3 is 0 Å². The molecule has 0 atom stereocenters. The Kier molecular flexibility index (Phi) is 5.06. The molecule has 140 valence electrons. The number of hydrogen-bond acceptors (Lipinski definition) is 5. The standard InChI is InChI=1S/C20H15BrN4O2S/c1-13(26)25(16-5-3-2-4-6-16)20-23-15(11-28-20)10-24-12-22-18-8-7-14(21)9-17(18)19(24)27/h2-9,11-12H,10H2,1H3. The largest absolute Gasteiger partial charge is 0.293 e. The van der Waals surface area contributed by atoms with E-state index in [2.05, 4.69) is 25.9 Å². The number of para-hydroxylation sites is 1. The van der Waals surface area contributed by atoms with Crippen LogP contribution < -0.4 is 10.5 Å². The Morgan fingerprint density at radius 2 is 2.00 bits per heavy atom. The predicted molar refractivity (Wildman–Crippen MR) is 114 cm³/mol. The number of fused-ring (bicyclic) bond motifs is 1. The van der Waals surface area contributed by atoms with Crippen LogP contribution in [-0.2, 0) is 11.3 Å². The summed E-state index contributed by atoms with van der Waals surface area (Å²) in [6, 6.07) is 14.8. The number of carbonyl (C=O) groups is 1. The Hall–Kier alpha value is -2.84. The Labute approximate surface area is 173 Å². The molecule has 0 unspecified atom stereocenters. The van der Waals surface area contributed by atoms with Gasteiger partial charge in [0, 0.05) is 16.8 Å². The number of anilines is 2. The van der Waals surface area contributed by atoms with E-state index in [0.29, 0.717) is 21.7 Å². The molecule has 2 heterocycles. The average molecular weight is 455 g/mol. The maximum Gasteiger partial charge on any atom is 0.261 e. The van der Waals surface area contributed by atoms with E-state index in [9.17, 15) is 9.59 Å². The van der Waals surface area contributed by atoms with Gasteiger partial charge < -0.3 is 0 Å². The highest BCUT2D eigenvalue weighted by Crippen LogP contribution is 2.28. The van der Waals surface area contributed by atoms with Crippen molar-refractivity contribution in [3.8, 4) is 0 Å². The first-order valence-electron chi connectivity index (χ1n) is 8.48. The maximum absolute atomic E-state index is 12.8. The smallest absolute Gasteiger partial charge is 0.261 e. The van der Waals surface area contributed by atoms with Gasteiger partial charge in [0.15, 0.2) is 5.13 Å². The molecule has 0 radical (unpaired) electrons. The molecule has 8 heteroatoms. The summed E-state index contributed by atoms with van der Waals surface area (Å²) in [6.07, 6.45) is 1.53. The minimum Gasteiger partial charge on any atom is -0.293 e. The summed E-state index contributed by atoms with van der Waals surface area (Å²) in [5.41, 5.74) is 1.97. The zero-order valence-corrected chi connectivity index (χ0v) is 17.3. The second-order valence-corrected chi connectivity index (χ2v) is 7.90. The molecule has 1 amide bonds. The first-order chi connectivity index (χ1) is 13.5. The van der Waals surface area contributed by atoms with E-state index in [1.807, 2.05) is 41.8 Å². The third kappa shape index (κ3) is 3.61. The molecule has 0 saturated carbocycles. The van der Waals surface area contributed by atoms with Crippen molar-refractivity contribution < 1.29 is 4.79 Å². The van der Waals surface area contributed by atoms with Crippen LogP contribution in [0.1, 0.15) is 12.6 Å². The van der Waals surface area contributed by atoms with Gasteiger partial charge in [0.05, 0.1) is 35.2 Å². The normalized spacial score (nSPS) is 10.9. The molecule has 0 N–H and O–H groups in total. The molecule has 6 nitrogen and oxygen atoms in total. The van der Waals surface area contributed by atoms with Gasteiger partial charge in [0.2, 0.25) is 5.91 Å². The van der Waals surface area contributed by atoms with Crippen LogP contribution in [0.2, 0.25) is 0 Å². The third-order valence-electron chi connectivity index (χ3n) is 4.18. The molecule has 4 rings (SSSR count). The second-order valence-electron chi connectivity index (χ2n) is 6.15. The summed E-state index contributed by atoms with van der Waals surface area (Å²) in [4.78, 5) is 35.4. The fourth-order valence-corrected chi connectivity index (χ4v) is 4.13. The van der Waals surface area contributed by atoms with Crippen LogP contribution in [0.5, 0.6) is 0 Å². The molecular weight excluding hydrogens is 440 g/mol. The number of halogens is 1. The van der Waals surface area contributed by atoms with Crippen LogP contribution in [0, 0.1) is 0 Å². The summed E-state index contributed by atoms with van der Waals surface area (Å²) < 4.78 is 2.35. The van der Waals surface area contributed by atoms with Crippen LogP contribution in [0.4, 0.5) is 10.8 Å². The highest BCUT2D eigenvalue weighted by atomic mass is 79.9. The molecule has 4 aromatic rings. The molecule has 0 aliphatic heterocycles. The van der Waals surface area contributed by atoms with Gasteiger partial charge in [0.25, 0.3) is 5.56 Å². The first-order valence-corrected chi connectivity index (χ1v) is 10.1. The third-order valence-corrected chi connectivity index (χ3v) is 5.55. The molecule has 0 spiro atoms. The van der Waals surface area contributed by atoms with Crippen LogP contribution in [0.25, 0.3) is 10.9 Å². The van der Waals surface area contributed by atoms with Gasteiger partial charge in [0.1, 0.15) is 0 Å². The van der Waals surface area contributed by atoms with Crippen LogP contribution in [0.15, 0.2) is 69.5 Å². The number of hydrogen-bond donors (Lipinski definition) is 0. The highest BCUT2D eigenvalue weighted by molar-refractivity contribution is 9.10. The van der Waals surface area contributed by atoms with E-state index in [1.54, 1.807) is 17.0 Å². The lowest BCUT2D eigenvalue weighted by Crippen LogP contribution is -2.23. The predicted octanol–water partition coefficient (Wildman–Crippen LogP) is 4.35. The van der Waals surface area contributed by atoms with Crippen molar-refractivity contribution in [1.29, 1.82) is 0 Å². The van der Waals surface area contributed by atoms with Crippen molar-refractivity contribution >= 4 is 54.9 Å². The van der Waals surface area contributed by atoms with Gasteiger partial charge in [-0.25, -0.2) is 9.97 Å². The molecule has 0 aliphatic carbocycles. The van der Waals surface area contributed by atoms with Crippen LogP contribution in [0.3, 0.4) is 0 Å². The van der Waals surface area contributed by atoms with Crippen LogP contribution in [-0.4, -0.2) is 20.4 Å². The number of rotatable bonds is 4. The molecule has 0 aliphatic rings. The Bertz CT molecular complexity index is 1220. The second kappa shape index (κ2) is 7.65. The summed E-state index contributed by atoms with van der Waals surface area (Å²) in [7, 11) is 0. The fourth-order valence-electron chi connectivity index (χ4n) is 2.89. The van der Waals surface area contributed by atoms with E-state index in [0.717, 1.165) is 10.2 Å². The van der Waals surface area contributed by atoms with E-state index in [1.165, 1.54) is 29.2 Å². The highest BCUT2D eigenvalue weighted by Gasteiger charge is 2.18. The Balaban J connectivity index is 1.67. The van der Waals surface area contributed by atoms with E-state index < -0.39 is 0 Å². The number of nitrogens with zero attached hydrogens (tertiary/aromatic N) is 4. The zero-order chi connectivity index (χ0) is 19.7. The van der Waals surface area contributed by atoms with Crippen molar-refractivity contribution in [2.45, 2.75) is 13.5 Å². The Morgan fingerprint density at radius 3 is 2.75 bits per heavy atom. The van der Waals surface area contributed by atoms with Crippen molar-refractivity contribution in [2.24, 2.45) is 0 Å². The summed E-state index contributed by atoms with van der Waals surface area (Å²) in [5, 5.41) is 2.96. The SMILES string of the molecule is CC(=O)N(c1ccccc1)c1nc(Cn2cnc3ccc(Br)cc3c2=O)cs1. The van der Waals surface area contributed by atoms with Crippen molar-refractivity contribution in [1.82, 2.24) is 14.5 Å². The minimum absolute atomic E-state index is 0.124. The topological polar surface area (TPSA) is 68.1 Å². The molecule has 0 fully saturated rings. The lowest BCUT2D eigenvalue weighted by Gasteiger charge is -2.17. The monoisotopic (exact) mass is 454 g/mol. The maximum atomic E-state index is 12.8. The van der Waals surface area contributed by atoms with Gasteiger partial charge in [-0.15, -0.1) is 11.3 Å². The molecule has 0 bridgehead atoms. The van der Waals surface area contributed by atoms with Crippen molar-refractivity contribution in [3.05, 3.63) is 80.8 Å². The summed E-state index contributed by atoms with van der Waals surface area (Å²) in [5.74, 6) is -0.124. The average Bonchev–Trinajstić information content (AvgIpc) is 3.13. The molecule has 2 aromatic carbocycles. The van der Waals surface area contributed by atoms with Crippen molar-refractivity contribution in [3.63, 3.8) is 0 Å². The summed E-state index contributed by atoms with van der Waals surface area (Å²) in [6.45, 7) is 1.79. The fraction of sp³-hybridized carbons (Fsp3) is 0.100.